The largest absolute Gasteiger partial charge is 0.272 e. The molecule has 3 nitrogen and oxygen atoms in total. The maximum Gasteiger partial charge on any atom is 0.272 e. The predicted molar refractivity (Wildman–Crippen MR) is 120 cm³/mol. The summed E-state index contributed by atoms with van der Waals surface area (Å²) < 4.78 is 0. The van der Waals surface area contributed by atoms with Crippen molar-refractivity contribution in [3.8, 4) is 0 Å². The van der Waals surface area contributed by atoms with Gasteiger partial charge in [-0.3, -0.25) is 9.59 Å². The van der Waals surface area contributed by atoms with Crippen LogP contribution in [-0.4, -0.2) is 11.8 Å². The quantitative estimate of drug-likeness (QED) is 0.443. The number of imide groups is 1. The lowest BCUT2D eigenvalue weighted by molar-refractivity contribution is -0.119. The smallest absolute Gasteiger partial charge is 0.268 e. The Kier molecular flexibility index (Phi) is 5.76. The van der Waals surface area contributed by atoms with Gasteiger partial charge in [0.05, 0.1) is 26.2 Å². The molecule has 2 amide bonds. The molecule has 0 aliphatic carbocycles. The van der Waals surface area contributed by atoms with E-state index in [1.54, 1.807) is 12.1 Å². The molecule has 1 aliphatic rings. The summed E-state index contributed by atoms with van der Waals surface area (Å²) in [5.74, 6) is -0.135. The summed E-state index contributed by atoms with van der Waals surface area (Å²) in [6.07, 6.45) is 0. The number of rotatable bonds is 5. The second kappa shape index (κ2) is 8.46. The number of hydrogen-bond acceptors (Lipinski definition) is 3. The lowest BCUT2D eigenvalue weighted by atomic mass is 10.1. The zero-order chi connectivity index (χ0) is 20.4. The number of anilines is 1. The van der Waals surface area contributed by atoms with E-state index in [-0.39, 0.29) is 16.8 Å². The van der Waals surface area contributed by atoms with Crippen LogP contribution in [0.5, 0.6) is 0 Å². The van der Waals surface area contributed by atoms with Gasteiger partial charge in [-0.15, -0.1) is 11.8 Å². The van der Waals surface area contributed by atoms with Crippen molar-refractivity contribution in [3.63, 3.8) is 0 Å². The number of carbonyl (C=O) groups is 2. The molecule has 0 N–H and O–H groups in total. The van der Waals surface area contributed by atoms with E-state index < -0.39 is 0 Å². The summed E-state index contributed by atoms with van der Waals surface area (Å²) in [5, 5.41) is 0.654. The Morgan fingerprint density at radius 1 is 0.759 bits per heavy atom. The van der Waals surface area contributed by atoms with E-state index in [0.29, 0.717) is 32.5 Å². The minimum Gasteiger partial charge on any atom is -0.268 e. The van der Waals surface area contributed by atoms with Crippen LogP contribution in [0.4, 0.5) is 5.69 Å². The molecule has 3 aromatic carbocycles. The van der Waals surface area contributed by atoms with Gasteiger partial charge < -0.3 is 0 Å². The number of nitrogens with zero attached hydrogens (tertiary/aromatic N) is 1. The van der Waals surface area contributed by atoms with Crippen molar-refractivity contribution in [3.05, 3.63) is 105 Å². The third kappa shape index (κ3) is 3.97. The molecule has 29 heavy (non-hydrogen) atoms. The Labute approximate surface area is 182 Å². The maximum atomic E-state index is 13.3. The molecule has 0 spiro atoms. The number of hydrogen-bond donors (Lipinski definition) is 0. The van der Waals surface area contributed by atoms with Crippen LogP contribution in [0, 0.1) is 0 Å². The second-order valence-corrected chi connectivity index (χ2v) is 8.19. The van der Waals surface area contributed by atoms with Crippen LogP contribution >= 0.6 is 35.0 Å². The van der Waals surface area contributed by atoms with Gasteiger partial charge in [0.2, 0.25) is 0 Å². The summed E-state index contributed by atoms with van der Waals surface area (Å²) in [6, 6.07) is 23.8. The van der Waals surface area contributed by atoms with Crippen molar-refractivity contribution >= 4 is 58.0 Å². The van der Waals surface area contributed by atoms with Crippen LogP contribution in [0.15, 0.2) is 83.8 Å². The van der Waals surface area contributed by atoms with E-state index in [1.807, 2.05) is 60.7 Å². The fourth-order valence-corrected chi connectivity index (χ4v) is 4.45. The monoisotopic (exact) mass is 439 g/mol. The van der Waals surface area contributed by atoms with Gasteiger partial charge in [-0.05, 0) is 29.3 Å². The van der Waals surface area contributed by atoms with Crippen LogP contribution in [0.25, 0.3) is 5.57 Å². The number of halogens is 2. The van der Waals surface area contributed by atoms with Crippen molar-refractivity contribution < 1.29 is 9.59 Å². The zero-order valence-electron chi connectivity index (χ0n) is 15.1. The van der Waals surface area contributed by atoms with Crippen LogP contribution < -0.4 is 4.90 Å². The van der Waals surface area contributed by atoms with Gasteiger partial charge in [0, 0.05) is 5.75 Å². The average molecular weight is 440 g/mol. The molecule has 0 aromatic heterocycles. The molecule has 1 aliphatic heterocycles. The minimum absolute atomic E-state index is 0.288. The predicted octanol–water partition coefficient (Wildman–Crippen LogP) is 6.21. The van der Waals surface area contributed by atoms with E-state index in [2.05, 4.69) is 0 Å². The Hall–Kier alpha value is -2.53. The number of amides is 2. The number of carbonyl (C=O) groups excluding carboxylic acids is 2. The molecule has 144 valence electrons. The topological polar surface area (TPSA) is 37.4 Å². The lowest BCUT2D eigenvalue weighted by Gasteiger charge is -2.16. The third-order valence-electron chi connectivity index (χ3n) is 4.49. The van der Waals surface area contributed by atoms with Gasteiger partial charge in [0.25, 0.3) is 11.8 Å². The first-order valence-corrected chi connectivity index (χ1v) is 10.6. The highest BCUT2D eigenvalue weighted by Crippen LogP contribution is 2.40. The Bertz CT molecular complexity index is 1110. The molecule has 0 radical (unpaired) electrons. The van der Waals surface area contributed by atoms with Crippen molar-refractivity contribution in [1.82, 2.24) is 0 Å². The summed E-state index contributed by atoms with van der Waals surface area (Å²) in [4.78, 5) is 28.2. The van der Waals surface area contributed by atoms with E-state index in [4.69, 9.17) is 23.2 Å². The molecule has 0 fully saturated rings. The normalized spacial score (nSPS) is 14.1. The summed E-state index contributed by atoms with van der Waals surface area (Å²) >= 11 is 13.5. The molecule has 0 unspecified atom stereocenters. The van der Waals surface area contributed by atoms with E-state index in [9.17, 15) is 9.59 Å². The molecule has 0 saturated heterocycles. The number of thioether (sulfide) groups is 1. The van der Waals surface area contributed by atoms with Crippen molar-refractivity contribution in [2.24, 2.45) is 0 Å². The molecule has 0 saturated carbocycles. The van der Waals surface area contributed by atoms with E-state index in [1.165, 1.54) is 17.8 Å². The molecular formula is C23H15Cl2NO2S. The second-order valence-electron chi connectivity index (χ2n) is 6.39. The molecule has 1 heterocycles. The molecule has 6 heteroatoms. The SMILES string of the molecule is O=C1C(SCc2ccccc2)=C(c2ccccc2)C(=O)N1c1ccc(Cl)c(Cl)c1. The standard InChI is InChI=1S/C23H15Cl2NO2S/c24-18-12-11-17(13-19(18)25)26-22(27)20(16-9-5-2-6-10-16)21(23(26)28)29-14-15-7-3-1-4-8-15/h1-13H,14H2. The Morgan fingerprint density at radius 3 is 2.07 bits per heavy atom. The minimum atomic E-state index is -0.366. The van der Waals surface area contributed by atoms with Crippen molar-refractivity contribution in [1.29, 1.82) is 0 Å². The van der Waals surface area contributed by atoms with Gasteiger partial charge in [-0.2, -0.15) is 0 Å². The molecule has 0 atom stereocenters. The summed E-state index contributed by atoms with van der Waals surface area (Å²) in [6.45, 7) is 0. The molecule has 4 rings (SSSR count). The van der Waals surface area contributed by atoms with Crippen LogP contribution in [0.2, 0.25) is 10.0 Å². The summed E-state index contributed by atoms with van der Waals surface area (Å²) in [7, 11) is 0. The molecule has 3 aromatic rings. The summed E-state index contributed by atoms with van der Waals surface area (Å²) in [5.41, 5.74) is 2.59. The average Bonchev–Trinajstić information content (AvgIpc) is 2.99. The van der Waals surface area contributed by atoms with Gasteiger partial charge in [-0.25, -0.2) is 4.90 Å². The lowest BCUT2D eigenvalue weighted by Crippen LogP contribution is -2.31. The van der Waals surface area contributed by atoms with Crippen LogP contribution in [-0.2, 0) is 15.3 Å². The first-order chi connectivity index (χ1) is 14.1. The third-order valence-corrected chi connectivity index (χ3v) is 6.38. The van der Waals surface area contributed by atoms with Gasteiger partial charge >= 0.3 is 0 Å². The van der Waals surface area contributed by atoms with Gasteiger partial charge in [0.1, 0.15) is 0 Å². The first kappa shape index (κ1) is 19.8. The van der Waals surface area contributed by atoms with Gasteiger partial charge in [-0.1, -0.05) is 83.9 Å². The highest BCUT2D eigenvalue weighted by atomic mass is 35.5. The number of benzene rings is 3. The fraction of sp³-hybridized carbons (Fsp3) is 0.0435. The van der Waals surface area contributed by atoms with Crippen LogP contribution in [0.3, 0.4) is 0 Å². The Balaban J connectivity index is 1.74. The fourth-order valence-electron chi connectivity index (χ4n) is 3.09. The molecular weight excluding hydrogens is 425 g/mol. The van der Waals surface area contributed by atoms with Gasteiger partial charge in [0.15, 0.2) is 0 Å². The highest BCUT2D eigenvalue weighted by Gasteiger charge is 2.40. The highest BCUT2D eigenvalue weighted by molar-refractivity contribution is 8.03. The van der Waals surface area contributed by atoms with Crippen LogP contribution in [0.1, 0.15) is 11.1 Å². The maximum absolute atomic E-state index is 13.3. The first-order valence-electron chi connectivity index (χ1n) is 8.86. The van der Waals surface area contributed by atoms with Crippen molar-refractivity contribution in [2.75, 3.05) is 4.90 Å². The van der Waals surface area contributed by atoms with E-state index >= 15 is 0 Å². The molecule has 0 bridgehead atoms. The van der Waals surface area contributed by atoms with Crippen molar-refractivity contribution in [2.45, 2.75) is 5.75 Å². The zero-order valence-corrected chi connectivity index (χ0v) is 17.5. The Morgan fingerprint density at radius 2 is 1.41 bits per heavy atom. The van der Waals surface area contributed by atoms with E-state index in [0.717, 1.165) is 10.5 Å².